The van der Waals surface area contributed by atoms with Gasteiger partial charge in [-0.15, -0.1) is 0 Å². The summed E-state index contributed by atoms with van der Waals surface area (Å²) in [6.45, 7) is 6.55. The first-order chi connectivity index (χ1) is 13.4. The van der Waals surface area contributed by atoms with E-state index >= 15 is 0 Å². The molecule has 1 aromatic carbocycles. The Balaban J connectivity index is 1.65. The Hall–Kier alpha value is -3.06. The highest BCUT2D eigenvalue weighted by Gasteiger charge is 2.33. The smallest absolute Gasteiger partial charge is 0.410 e. The van der Waals surface area contributed by atoms with Crippen molar-refractivity contribution in [3.05, 3.63) is 46.2 Å². The van der Waals surface area contributed by atoms with Gasteiger partial charge in [0.2, 0.25) is 11.7 Å². The predicted molar refractivity (Wildman–Crippen MR) is 102 cm³/mol. The molecule has 1 amide bonds. The maximum atomic E-state index is 12.4. The number of rotatable bonds is 5. The molecular weight excluding hydrogens is 360 g/mol. The minimum Gasteiger partial charge on any atom is -0.444 e. The third-order valence-corrected chi connectivity index (χ3v) is 4.41. The Morgan fingerprint density at radius 2 is 2.14 bits per heavy atom. The average Bonchev–Trinajstić information content (AvgIpc) is 3.29. The molecule has 0 unspecified atom stereocenters. The van der Waals surface area contributed by atoms with Gasteiger partial charge in [-0.1, -0.05) is 34.5 Å². The number of ether oxygens (including phenoxy) is 1. The van der Waals surface area contributed by atoms with Crippen molar-refractivity contribution in [3.63, 3.8) is 0 Å². The van der Waals surface area contributed by atoms with Gasteiger partial charge in [0, 0.05) is 29.5 Å². The van der Waals surface area contributed by atoms with Crippen LogP contribution < -0.4 is 0 Å². The summed E-state index contributed by atoms with van der Waals surface area (Å²) in [7, 11) is 0. The van der Waals surface area contributed by atoms with Crippen LogP contribution in [0.25, 0.3) is 21.8 Å². The summed E-state index contributed by atoms with van der Waals surface area (Å²) in [4.78, 5) is 21.4. The van der Waals surface area contributed by atoms with Crippen molar-refractivity contribution in [2.24, 2.45) is 5.11 Å². The summed E-state index contributed by atoms with van der Waals surface area (Å²) >= 11 is 0. The molecule has 0 spiro atoms. The van der Waals surface area contributed by atoms with Crippen LogP contribution in [0, 0.1) is 0 Å². The normalized spacial score (nSPS) is 16.7. The summed E-state index contributed by atoms with van der Waals surface area (Å²) in [6.07, 6.45) is 2.01. The van der Waals surface area contributed by atoms with Crippen LogP contribution in [0.4, 0.5) is 4.79 Å². The molecule has 28 heavy (non-hydrogen) atoms. The van der Waals surface area contributed by atoms with Gasteiger partial charge in [-0.05, 0) is 44.7 Å². The number of hydrogen-bond donors (Lipinski definition) is 0. The number of amides is 1. The van der Waals surface area contributed by atoms with Gasteiger partial charge < -0.3 is 14.2 Å². The molecule has 2 heterocycles. The number of benzene rings is 1. The van der Waals surface area contributed by atoms with E-state index in [0.29, 0.717) is 31.2 Å². The Labute approximate surface area is 163 Å². The van der Waals surface area contributed by atoms with Gasteiger partial charge in [-0.3, -0.25) is 0 Å². The SMILES string of the molecule is CC(C)(C)OC(=O)N1CCC[C@H]1Cc1nc(-c2ccc(CN=[N+]=[N-])cc2)no1. The summed E-state index contributed by atoms with van der Waals surface area (Å²) in [5.41, 5.74) is 9.58. The highest BCUT2D eigenvalue weighted by atomic mass is 16.6. The fraction of sp³-hybridized carbons (Fsp3) is 0.526. The molecule has 1 aliphatic rings. The molecule has 1 aliphatic heterocycles. The van der Waals surface area contributed by atoms with Crippen LogP contribution in [0.5, 0.6) is 0 Å². The lowest BCUT2D eigenvalue weighted by Crippen LogP contribution is -2.40. The Kier molecular flexibility index (Phi) is 5.84. The van der Waals surface area contributed by atoms with Crippen LogP contribution in [0.3, 0.4) is 0 Å². The molecule has 1 atom stereocenters. The van der Waals surface area contributed by atoms with Crippen molar-refractivity contribution in [1.82, 2.24) is 15.0 Å². The third kappa shape index (κ3) is 5.01. The number of aromatic nitrogens is 2. The third-order valence-electron chi connectivity index (χ3n) is 4.41. The van der Waals surface area contributed by atoms with Crippen molar-refractivity contribution in [1.29, 1.82) is 0 Å². The van der Waals surface area contributed by atoms with E-state index < -0.39 is 5.60 Å². The summed E-state index contributed by atoms with van der Waals surface area (Å²) < 4.78 is 10.9. The predicted octanol–water partition coefficient (Wildman–Crippen LogP) is 4.49. The number of hydrogen-bond acceptors (Lipinski definition) is 6. The zero-order chi connectivity index (χ0) is 20.1. The zero-order valence-electron chi connectivity index (χ0n) is 16.3. The lowest BCUT2D eigenvalue weighted by atomic mass is 10.1. The minimum atomic E-state index is -0.521. The summed E-state index contributed by atoms with van der Waals surface area (Å²) in [5.74, 6) is 0.987. The van der Waals surface area contributed by atoms with Gasteiger partial charge >= 0.3 is 6.09 Å². The highest BCUT2D eigenvalue weighted by molar-refractivity contribution is 5.69. The molecular formula is C19H24N6O3. The lowest BCUT2D eigenvalue weighted by Gasteiger charge is -2.28. The molecule has 148 valence electrons. The van der Waals surface area contributed by atoms with E-state index in [9.17, 15) is 4.79 Å². The fourth-order valence-electron chi connectivity index (χ4n) is 3.14. The molecule has 0 aliphatic carbocycles. The van der Waals surface area contributed by atoms with Crippen molar-refractivity contribution in [2.45, 2.75) is 58.2 Å². The van der Waals surface area contributed by atoms with E-state index in [1.54, 1.807) is 4.90 Å². The molecule has 2 aromatic rings. The number of carbonyl (C=O) groups excluding carboxylic acids is 1. The van der Waals surface area contributed by atoms with Gasteiger partial charge in [0.05, 0.1) is 6.54 Å². The molecule has 9 nitrogen and oxygen atoms in total. The van der Waals surface area contributed by atoms with E-state index in [4.69, 9.17) is 14.8 Å². The van der Waals surface area contributed by atoms with Gasteiger partial charge in [0.15, 0.2) is 0 Å². The van der Waals surface area contributed by atoms with Crippen LogP contribution in [0.2, 0.25) is 0 Å². The monoisotopic (exact) mass is 384 g/mol. The summed E-state index contributed by atoms with van der Waals surface area (Å²) in [5, 5.41) is 7.58. The van der Waals surface area contributed by atoms with Gasteiger partial charge in [0.25, 0.3) is 0 Å². The molecule has 0 radical (unpaired) electrons. The second kappa shape index (κ2) is 8.31. The molecule has 0 saturated carbocycles. The lowest BCUT2D eigenvalue weighted by molar-refractivity contribution is 0.0222. The second-order valence-corrected chi connectivity index (χ2v) is 7.77. The van der Waals surface area contributed by atoms with Crippen molar-refractivity contribution in [2.75, 3.05) is 6.54 Å². The Morgan fingerprint density at radius 3 is 2.82 bits per heavy atom. The van der Waals surface area contributed by atoms with Crippen LogP contribution >= 0.6 is 0 Å². The maximum Gasteiger partial charge on any atom is 0.410 e. The Bertz CT molecular complexity index is 865. The minimum absolute atomic E-state index is 0.00521. The van der Waals surface area contributed by atoms with Crippen LogP contribution in [0.15, 0.2) is 33.9 Å². The van der Waals surface area contributed by atoms with Crippen molar-refractivity contribution in [3.8, 4) is 11.4 Å². The Morgan fingerprint density at radius 1 is 1.39 bits per heavy atom. The van der Waals surface area contributed by atoms with Gasteiger partial charge in [-0.25, -0.2) is 4.79 Å². The van der Waals surface area contributed by atoms with E-state index in [-0.39, 0.29) is 12.1 Å². The molecule has 0 bridgehead atoms. The van der Waals surface area contributed by atoms with Crippen LogP contribution in [-0.4, -0.2) is 39.3 Å². The largest absolute Gasteiger partial charge is 0.444 e. The van der Waals surface area contributed by atoms with E-state index in [0.717, 1.165) is 24.0 Å². The maximum absolute atomic E-state index is 12.4. The molecule has 9 heteroatoms. The first-order valence-electron chi connectivity index (χ1n) is 9.28. The average molecular weight is 384 g/mol. The number of likely N-dealkylation sites (tertiary alicyclic amines) is 1. The highest BCUT2D eigenvalue weighted by Crippen LogP contribution is 2.24. The van der Waals surface area contributed by atoms with E-state index in [1.165, 1.54) is 0 Å². The number of azide groups is 1. The summed E-state index contributed by atoms with van der Waals surface area (Å²) in [6, 6.07) is 7.44. The van der Waals surface area contributed by atoms with Gasteiger partial charge in [-0.2, -0.15) is 4.98 Å². The van der Waals surface area contributed by atoms with Crippen molar-refractivity contribution >= 4 is 6.09 Å². The molecule has 1 saturated heterocycles. The molecule has 3 rings (SSSR count). The van der Waals surface area contributed by atoms with E-state index in [1.807, 2.05) is 45.0 Å². The van der Waals surface area contributed by atoms with Crippen molar-refractivity contribution < 1.29 is 14.1 Å². The molecule has 1 fully saturated rings. The number of nitrogens with zero attached hydrogens (tertiary/aromatic N) is 6. The number of carbonyl (C=O) groups is 1. The fourth-order valence-corrected chi connectivity index (χ4v) is 3.14. The first-order valence-corrected chi connectivity index (χ1v) is 9.28. The van der Waals surface area contributed by atoms with Gasteiger partial charge in [0.1, 0.15) is 5.60 Å². The van der Waals surface area contributed by atoms with E-state index in [2.05, 4.69) is 20.2 Å². The molecule has 0 N–H and O–H groups in total. The standard InChI is InChI=1S/C19H24N6O3/c1-19(2,3)27-18(26)25-10-4-5-15(25)11-16-22-17(23-28-16)14-8-6-13(7-9-14)12-21-24-20/h6-9,15H,4-5,10-12H2,1-3H3/t15-/m0/s1. The molecule has 1 aromatic heterocycles. The quantitative estimate of drug-likeness (QED) is 0.427. The zero-order valence-corrected chi connectivity index (χ0v) is 16.3. The topological polar surface area (TPSA) is 117 Å². The van der Waals surface area contributed by atoms with Crippen LogP contribution in [-0.2, 0) is 17.7 Å². The first kappa shape index (κ1) is 19.7. The second-order valence-electron chi connectivity index (χ2n) is 7.77. The van der Waals surface area contributed by atoms with Crippen LogP contribution in [0.1, 0.15) is 45.1 Å².